The summed E-state index contributed by atoms with van der Waals surface area (Å²) < 4.78 is 16.0. The summed E-state index contributed by atoms with van der Waals surface area (Å²) in [5.41, 5.74) is 1.08. The Labute approximate surface area is 108 Å². The van der Waals surface area contributed by atoms with Gasteiger partial charge >= 0.3 is 0 Å². The van der Waals surface area contributed by atoms with Crippen molar-refractivity contribution < 1.29 is 14.2 Å². The molecule has 1 aliphatic rings. The molecule has 0 bridgehead atoms. The van der Waals surface area contributed by atoms with E-state index < -0.39 is 0 Å². The molecule has 1 aromatic carbocycles. The van der Waals surface area contributed by atoms with Crippen molar-refractivity contribution in [3.05, 3.63) is 24.3 Å². The summed E-state index contributed by atoms with van der Waals surface area (Å²) in [4.78, 5) is 0. The van der Waals surface area contributed by atoms with E-state index in [0.29, 0.717) is 19.3 Å². The Morgan fingerprint density at radius 3 is 3.11 bits per heavy atom. The minimum Gasteiger partial charge on any atom is -0.491 e. The molecule has 0 aliphatic carbocycles. The van der Waals surface area contributed by atoms with Crippen LogP contribution in [0.4, 0.5) is 5.69 Å². The van der Waals surface area contributed by atoms with E-state index in [2.05, 4.69) is 11.4 Å². The smallest absolute Gasteiger partial charge is 0.121 e. The average Bonchev–Trinajstić information content (AvgIpc) is 2.41. The van der Waals surface area contributed by atoms with Crippen LogP contribution in [0.1, 0.15) is 12.8 Å². The van der Waals surface area contributed by atoms with Crippen molar-refractivity contribution in [1.29, 1.82) is 0 Å². The number of ether oxygens (including phenoxy) is 3. The lowest BCUT2D eigenvalue weighted by atomic mass is 10.1. The van der Waals surface area contributed by atoms with Crippen LogP contribution in [-0.2, 0) is 9.47 Å². The Hall–Kier alpha value is -1.26. The number of hydrogen-bond acceptors (Lipinski definition) is 4. The van der Waals surface area contributed by atoms with Gasteiger partial charge in [0.05, 0.1) is 13.2 Å². The predicted octanol–water partition coefficient (Wildman–Crippen LogP) is 2.30. The molecule has 1 N–H and O–H groups in total. The normalized spacial score (nSPS) is 19.5. The van der Waals surface area contributed by atoms with E-state index in [1.54, 1.807) is 7.11 Å². The highest BCUT2D eigenvalue weighted by molar-refractivity contribution is 5.48. The lowest BCUT2D eigenvalue weighted by molar-refractivity contribution is 0.0876. The highest BCUT2D eigenvalue weighted by atomic mass is 16.5. The Kier molecular flexibility index (Phi) is 5.30. The van der Waals surface area contributed by atoms with Gasteiger partial charge in [0, 0.05) is 31.5 Å². The van der Waals surface area contributed by atoms with E-state index in [-0.39, 0.29) is 0 Å². The fraction of sp³-hybridized carbons (Fsp3) is 0.571. The molecule has 4 nitrogen and oxygen atoms in total. The summed E-state index contributed by atoms with van der Waals surface area (Å²) in [5, 5.41) is 3.48. The van der Waals surface area contributed by atoms with E-state index >= 15 is 0 Å². The molecule has 1 fully saturated rings. The number of anilines is 1. The van der Waals surface area contributed by atoms with Crippen LogP contribution in [-0.4, -0.2) is 39.6 Å². The molecule has 1 heterocycles. The van der Waals surface area contributed by atoms with Gasteiger partial charge in [0.25, 0.3) is 0 Å². The number of methoxy groups -OCH3 is 1. The van der Waals surface area contributed by atoms with Crippen LogP contribution in [0.5, 0.6) is 5.75 Å². The topological polar surface area (TPSA) is 39.7 Å². The lowest BCUT2D eigenvalue weighted by Crippen LogP contribution is -2.29. The molecular weight excluding hydrogens is 230 g/mol. The quantitative estimate of drug-likeness (QED) is 0.788. The summed E-state index contributed by atoms with van der Waals surface area (Å²) in [6.45, 7) is 2.85. The molecule has 1 unspecified atom stereocenters. The van der Waals surface area contributed by atoms with Crippen molar-refractivity contribution in [2.24, 2.45) is 0 Å². The molecule has 18 heavy (non-hydrogen) atoms. The average molecular weight is 251 g/mol. The third kappa shape index (κ3) is 4.20. The summed E-state index contributed by atoms with van der Waals surface area (Å²) >= 11 is 0. The summed E-state index contributed by atoms with van der Waals surface area (Å²) in [6.07, 6.45) is 2.29. The van der Waals surface area contributed by atoms with Crippen molar-refractivity contribution in [2.45, 2.75) is 18.9 Å². The number of nitrogens with one attached hydrogen (secondary N) is 1. The van der Waals surface area contributed by atoms with Gasteiger partial charge in [0.1, 0.15) is 12.4 Å². The SMILES string of the molecule is COCCOc1cccc(NC2CCCOC2)c1. The molecule has 0 spiro atoms. The fourth-order valence-electron chi connectivity index (χ4n) is 2.01. The van der Waals surface area contributed by atoms with Gasteiger partial charge in [-0.15, -0.1) is 0 Å². The van der Waals surface area contributed by atoms with E-state index in [4.69, 9.17) is 14.2 Å². The molecule has 1 aliphatic heterocycles. The zero-order valence-electron chi connectivity index (χ0n) is 10.9. The van der Waals surface area contributed by atoms with Crippen LogP contribution in [0.25, 0.3) is 0 Å². The van der Waals surface area contributed by atoms with Gasteiger partial charge in [-0.2, -0.15) is 0 Å². The van der Waals surface area contributed by atoms with Gasteiger partial charge in [0.2, 0.25) is 0 Å². The highest BCUT2D eigenvalue weighted by Gasteiger charge is 2.13. The van der Waals surface area contributed by atoms with Gasteiger partial charge in [-0.1, -0.05) is 6.07 Å². The lowest BCUT2D eigenvalue weighted by Gasteiger charge is -2.24. The van der Waals surface area contributed by atoms with Crippen LogP contribution in [0, 0.1) is 0 Å². The molecule has 1 atom stereocenters. The Morgan fingerprint density at radius 1 is 1.39 bits per heavy atom. The first-order chi connectivity index (χ1) is 8.88. The van der Waals surface area contributed by atoms with Gasteiger partial charge in [-0.3, -0.25) is 0 Å². The standard InChI is InChI=1S/C14H21NO3/c1-16-8-9-18-14-6-2-4-12(10-14)15-13-5-3-7-17-11-13/h2,4,6,10,13,15H,3,5,7-9,11H2,1H3. The van der Waals surface area contributed by atoms with Gasteiger partial charge < -0.3 is 19.5 Å². The van der Waals surface area contributed by atoms with Crippen LogP contribution >= 0.6 is 0 Å². The molecule has 0 aromatic heterocycles. The third-order valence-electron chi connectivity index (χ3n) is 2.92. The van der Waals surface area contributed by atoms with E-state index in [1.165, 1.54) is 0 Å². The minimum atomic E-state index is 0.410. The first-order valence-corrected chi connectivity index (χ1v) is 6.44. The Balaban J connectivity index is 1.85. The molecule has 0 radical (unpaired) electrons. The molecule has 1 saturated heterocycles. The summed E-state index contributed by atoms with van der Waals surface area (Å²) in [7, 11) is 1.67. The molecule has 1 aromatic rings. The van der Waals surface area contributed by atoms with Gasteiger partial charge in [0.15, 0.2) is 0 Å². The maximum absolute atomic E-state index is 5.58. The Bertz CT molecular complexity index is 351. The zero-order chi connectivity index (χ0) is 12.6. The maximum atomic E-state index is 5.58. The summed E-state index contributed by atoms with van der Waals surface area (Å²) in [5.74, 6) is 0.869. The first kappa shape index (κ1) is 13.2. The van der Waals surface area contributed by atoms with Gasteiger partial charge in [-0.25, -0.2) is 0 Å². The predicted molar refractivity (Wildman–Crippen MR) is 71.3 cm³/mol. The minimum absolute atomic E-state index is 0.410. The highest BCUT2D eigenvalue weighted by Crippen LogP contribution is 2.20. The van der Waals surface area contributed by atoms with Gasteiger partial charge in [-0.05, 0) is 25.0 Å². The molecular formula is C14H21NO3. The summed E-state index contributed by atoms with van der Waals surface area (Å²) in [6, 6.07) is 8.43. The second-order valence-electron chi connectivity index (χ2n) is 4.43. The van der Waals surface area contributed by atoms with Crippen LogP contribution in [0.3, 0.4) is 0 Å². The maximum Gasteiger partial charge on any atom is 0.121 e. The van der Waals surface area contributed by atoms with Crippen molar-refractivity contribution in [3.8, 4) is 5.75 Å². The monoisotopic (exact) mass is 251 g/mol. The van der Waals surface area contributed by atoms with Crippen molar-refractivity contribution in [3.63, 3.8) is 0 Å². The number of hydrogen-bond donors (Lipinski definition) is 1. The van der Waals surface area contributed by atoms with Crippen molar-refractivity contribution >= 4 is 5.69 Å². The van der Waals surface area contributed by atoms with E-state index in [1.807, 2.05) is 18.2 Å². The molecule has 2 rings (SSSR count). The molecule has 100 valence electrons. The number of rotatable bonds is 6. The molecule has 4 heteroatoms. The number of benzene rings is 1. The molecule has 0 saturated carbocycles. The van der Waals surface area contributed by atoms with Crippen molar-refractivity contribution in [2.75, 3.05) is 38.9 Å². The largest absolute Gasteiger partial charge is 0.491 e. The third-order valence-corrected chi connectivity index (χ3v) is 2.92. The van der Waals surface area contributed by atoms with Crippen LogP contribution in [0.15, 0.2) is 24.3 Å². The first-order valence-electron chi connectivity index (χ1n) is 6.44. The zero-order valence-corrected chi connectivity index (χ0v) is 10.9. The Morgan fingerprint density at radius 2 is 2.33 bits per heavy atom. The second kappa shape index (κ2) is 7.24. The van der Waals surface area contributed by atoms with E-state index in [0.717, 1.165) is 37.5 Å². The second-order valence-corrected chi connectivity index (χ2v) is 4.43. The molecule has 0 amide bonds. The van der Waals surface area contributed by atoms with Crippen molar-refractivity contribution in [1.82, 2.24) is 0 Å². The van der Waals surface area contributed by atoms with Crippen LogP contribution < -0.4 is 10.1 Å². The fourth-order valence-corrected chi connectivity index (χ4v) is 2.01. The van der Waals surface area contributed by atoms with E-state index in [9.17, 15) is 0 Å². The van der Waals surface area contributed by atoms with Crippen LogP contribution in [0.2, 0.25) is 0 Å².